The molecule has 0 bridgehead atoms. The predicted molar refractivity (Wildman–Crippen MR) is 125 cm³/mol. The molecular formula is C20H21F2N9O4S. The minimum atomic E-state index is -3.67. The molecule has 4 heterocycles. The highest BCUT2D eigenvalue weighted by atomic mass is 32.2. The first-order valence-electron chi connectivity index (χ1n) is 10.5. The van der Waals surface area contributed by atoms with Crippen LogP contribution >= 0.6 is 0 Å². The van der Waals surface area contributed by atoms with Gasteiger partial charge in [-0.05, 0) is 12.1 Å². The van der Waals surface area contributed by atoms with Crippen molar-refractivity contribution in [3.63, 3.8) is 0 Å². The molecule has 1 saturated heterocycles. The predicted octanol–water partition coefficient (Wildman–Crippen LogP) is 2.02. The Labute approximate surface area is 204 Å². The summed E-state index contributed by atoms with van der Waals surface area (Å²) in [7, 11) is -3.67. The molecule has 2 N–H and O–H groups in total. The van der Waals surface area contributed by atoms with Gasteiger partial charge >= 0.3 is 0 Å². The quantitative estimate of drug-likeness (QED) is 0.368. The molecule has 0 atom stereocenters. The van der Waals surface area contributed by atoms with Gasteiger partial charge in [-0.2, -0.15) is 23.4 Å². The molecule has 1 aliphatic heterocycles. The molecule has 4 aromatic rings. The van der Waals surface area contributed by atoms with Crippen LogP contribution in [0.3, 0.4) is 0 Å². The van der Waals surface area contributed by atoms with E-state index in [1.165, 1.54) is 10.9 Å². The number of nitrogens with zero attached hydrogens (tertiary/aromatic N) is 8. The van der Waals surface area contributed by atoms with E-state index in [9.17, 15) is 17.2 Å². The summed E-state index contributed by atoms with van der Waals surface area (Å²) in [6.07, 6.45) is 2.42. The molecule has 3 aromatic heterocycles. The lowest BCUT2D eigenvalue weighted by molar-refractivity contribution is 0.122. The van der Waals surface area contributed by atoms with Gasteiger partial charge in [-0.15, -0.1) is 0 Å². The first-order valence-corrected chi connectivity index (χ1v) is 12.3. The van der Waals surface area contributed by atoms with Crippen molar-refractivity contribution < 1.29 is 26.5 Å². The second-order valence-corrected chi connectivity index (χ2v) is 8.90. The van der Waals surface area contributed by atoms with Crippen molar-refractivity contribution in [2.45, 2.75) is 6.43 Å². The molecule has 0 unspecified atom stereocenters. The molecular weight excluding hydrogens is 500 g/mol. The Bertz CT molecular complexity index is 1420. The van der Waals surface area contributed by atoms with Gasteiger partial charge in [0.05, 0.1) is 48.6 Å². The summed E-state index contributed by atoms with van der Waals surface area (Å²) in [6.45, 7) is 2.19. The molecule has 0 amide bonds. The van der Waals surface area contributed by atoms with Crippen molar-refractivity contribution in [2.75, 3.05) is 42.8 Å². The summed E-state index contributed by atoms with van der Waals surface area (Å²) in [5.74, 6) is 0.138. The van der Waals surface area contributed by atoms with Crippen molar-refractivity contribution >= 4 is 38.7 Å². The number of nitrogens with one attached hydrogen (secondary N) is 1. The zero-order valence-electron chi connectivity index (χ0n) is 18.9. The van der Waals surface area contributed by atoms with Crippen LogP contribution in [0.15, 0.2) is 43.0 Å². The molecule has 0 spiro atoms. The third-order valence-corrected chi connectivity index (χ3v) is 4.70. The molecule has 13 nitrogen and oxygen atoms in total. The molecule has 1 aromatic carbocycles. The summed E-state index contributed by atoms with van der Waals surface area (Å²) >= 11 is 0. The number of halogens is 2. The molecule has 16 heteroatoms. The minimum absolute atomic E-state index is 0.0415. The largest absolute Gasteiger partial charge is 0.378 e. The van der Waals surface area contributed by atoms with Crippen LogP contribution < -0.4 is 10.2 Å². The first kappa shape index (κ1) is 25.2. The fourth-order valence-corrected chi connectivity index (χ4v) is 3.31. The van der Waals surface area contributed by atoms with Crippen molar-refractivity contribution in [1.82, 2.24) is 34.5 Å². The van der Waals surface area contributed by atoms with E-state index in [0.29, 0.717) is 55.2 Å². The monoisotopic (exact) mass is 521 g/mol. The topological polar surface area (TPSA) is 161 Å². The Morgan fingerprint density at radius 1 is 1.03 bits per heavy atom. The number of aromatic nitrogens is 7. The molecule has 5 rings (SSSR count). The summed E-state index contributed by atoms with van der Waals surface area (Å²) in [4.78, 5) is 27.3. The van der Waals surface area contributed by atoms with Crippen LogP contribution in [-0.2, 0) is 14.9 Å². The average Bonchev–Trinajstić information content (AvgIpc) is 3.24. The van der Waals surface area contributed by atoms with E-state index in [0.717, 1.165) is 0 Å². The van der Waals surface area contributed by atoms with Crippen molar-refractivity contribution in [2.24, 2.45) is 0 Å². The van der Waals surface area contributed by atoms with Crippen LogP contribution in [-0.4, -0.2) is 80.0 Å². The van der Waals surface area contributed by atoms with Gasteiger partial charge in [0.25, 0.3) is 16.5 Å². The number of benzene rings is 1. The average molecular weight is 522 g/mol. The van der Waals surface area contributed by atoms with Gasteiger partial charge in [0.1, 0.15) is 6.33 Å². The van der Waals surface area contributed by atoms with E-state index < -0.39 is 22.4 Å². The maximum atomic E-state index is 13.8. The van der Waals surface area contributed by atoms with Crippen LogP contribution in [0.2, 0.25) is 0 Å². The Morgan fingerprint density at radius 3 is 2.33 bits per heavy atom. The van der Waals surface area contributed by atoms with Crippen molar-refractivity contribution in [3.05, 3.63) is 48.8 Å². The van der Waals surface area contributed by atoms with Crippen LogP contribution in [0.25, 0.3) is 17.0 Å². The summed E-state index contributed by atoms with van der Waals surface area (Å²) in [6, 6.07) is 6.86. The number of rotatable bonds is 5. The van der Waals surface area contributed by atoms with E-state index in [-0.39, 0.29) is 11.9 Å². The summed E-state index contributed by atoms with van der Waals surface area (Å²) < 4.78 is 60.2. The zero-order chi connectivity index (χ0) is 25.7. The van der Waals surface area contributed by atoms with E-state index in [4.69, 9.17) is 9.29 Å². The molecule has 190 valence electrons. The lowest BCUT2D eigenvalue weighted by Crippen LogP contribution is -2.37. The SMILES string of the molecule is CS(=O)(=O)O.FC(F)c1nc2ccccc2n1-c1nc(Nc2cncnc2)nc(N2CCOCC2)n1. The minimum Gasteiger partial charge on any atom is -0.378 e. The number of anilines is 3. The van der Waals surface area contributed by atoms with E-state index in [1.54, 1.807) is 36.7 Å². The third kappa shape index (κ3) is 6.41. The fraction of sp³-hybridized carbons (Fsp3) is 0.300. The number of para-hydroxylation sites is 2. The van der Waals surface area contributed by atoms with Gasteiger partial charge in [0.15, 0.2) is 5.82 Å². The van der Waals surface area contributed by atoms with Gasteiger partial charge in [-0.25, -0.2) is 23.7 Å². The highest BCUT2D eigenvalue weighted by Gasteiger charge is 2.24. The Hall–Kier alpha value is -3.89. The van der Waals surface area contributed by atoms with Crippen LogP contribution in [0.4, 0.5) is 26.4 Å². The Balaban J connectivity index is 0.000000556. The first-order chi connectivity index (χ1) is 17.2. The fourth-order valence-electron chi connectivity index (χ4n) is 3.31. The highest BCUT2D eigenvalue weighted by Crippen LogP contribution is 2.28. The number of imidazole rings is 1. The number of fused-ring (bicyclic) bond motifs is 1. The van der Waals surface area contributed by atoms with E-state index in [2.05, 4.69) is 35.2 Å². The molecule has 0 aliphatic carbocycles. The smallest absolute Gasteiger partial charge is 0.296 e. The Morgan fingerprint density at radius 2 is 1.67 bits per heavy atom. The maximum absolute atomic E-state index is 13.8. The molecule has 0 saturated carbocycles. The van der Waals surface area contributed by atoms with Crippen LogP contribution in [0, 0.1) is 0 Å². The zero-order valence-corrected chi connectivity index (χ0v) is 19.7. The summed E-state index contributed by atoms with van der Waals surface area (Å²) in [5, 5.41) is 3.02. The number of ether oxygens (including phenoxy) is 1. The van der Waals surface area contributed by atoms with Crippen LogP contribution in [0.5, 0.6) is 0 Å². The van der Waals surface area contributed by atoms with Gasteiger partial charge in [-0.1, -0.05) is 12.1 Å². The Kier molecular flexibility index (Phi) is 7.56. The van der Waals surface area contributed by atoms with Crippen molar-refractivity contribution in [3.8, 4) is 5.95 Å². The second kappa shape index (κ2) is 10.8. The molecule has 36 heavy (non-hydrogen) atoms. The van der Waals surface area contributed by atoms with Gasteiger partial charge < -0.3 is 15.0 Å². The van der Waals surface area contributed by atoms with Crippen molar-refractivity contribution in [1.29, 1.82) is 0 Å². The standard InChI is InChI=1S/C19H17F2N9O.CH4O3S/c20-15(21)16-25-13-3-1-2-4-14(13)30(16)19-27-17(24-12-9-22-11-23-10-12)26-18(28-19)29-5-7-31-8-6-29;1-5(2,3)4/h1-4,9-11,15H,5-8H2,(H,24,26,27,28);1H3,(H,2,3,4). The number of hydrogen-bond donors (Lipinski definition) is 2. The van der Waals surface area contributed by atoms with E-state index >= 15 is 0 Å². The number of alkyl halides is 2. The normalized spacial score (nSPS) is 14.0. The van der Waals surface area contributed by atoms with Gasteiger partial charge in [0, 0.05) is 13.1 Å². The maximum Gasteiger partial charge on any atom is 0.296 e. The van der Waals surface area contributed by atoms with Crippen LogP contribution in [0.1, 0.15) is 12.2 Å². The number of morpholine rings is 1. The second-order valence-electron chi connectivity index (χ2n) is 7.44. The molecule has 1 aliphatic rings. The summed E-state index contributed by atoms with van der Waals surface area (Å²) in [5.41, 5.74) is 1.46. The van der Waals surface area contributed by atoms with Gasteiger partial charge in [0.2, 0.25) is 17.8 Å². The highest BCUT2D eigenvalue weighted by molar-refractivity contribution is 7.85. The molecule has 1 fully saturated rings. The third-order valence-electron chi connectivity index (χ3n) is 4.70. The lowest BCUT2D eigenvalue weighted by atomic mass is 10.3. The molecule has 0 radical (unpaired) electrons. The van der Waals surface area contributed by atoms with E-state index in [1.807, 2.05) is 4.90 Å². The number of hydrogen-bond acceptors (Lipinski definition) is 11. The van der Waals surface area contributed by atoms with Gasteiger partial charge in [-0.3, -0.25) is 9.12 Å². The lowest BCUT2D eigenvalue weighted by Gasteiger charge is -2.27.